The summed E-state index contributed by atoms with van der Waals surface area (Å²) in [4.78, 5) is 1.94. The van der Waals surface area contributed by atoms with E-state index in [9.17, 15) is 0 Å². The van der Waals surface area contributed by atoms with Gasteiger partial charge in [0.1, 0.15) is 0 Å². The van der Waals surface area contributed by atoms with Crippen LogP contribution in [0.4, 0.5) is 0 Å². The largest absolute Gasteiger partial charge is 0.465 e. The lowest BCUT2D eigenvalue weighted by Crippen LogP contribution is -2.32. The molecule has 0 heterocycles. The van der Waals surface area contributed by atoms with Crippen LogP contribution in [0.25, 0.3) is 0 Å². The minimum atomic E-state index is 0.321. The Hall–Kier alpha value is -0.730. The third-order valence-corrected chi connectivity index (χ3v) is 1.61. The first-order valence-electron chi connectivity index (χ1n) is 4.72. The lowest BCUT2D eigenvalue weighted by Gasteiger charge is -2.21. The van der Waals surface area contributed by atoms with E-state index in [-0.39, 0.29) is 0 Å². The summed E-state index contributed by atoms with van der Waals surface area (Å²) in [6.07, 6.45) is 2.03. The van der Waals surface area contributed by atoms with Gasteiger partial charge >= 0.3 is 0 Å². The quantitative estimate of drug-likeness (QED) is 0.509. The van der Waals surface area contributed by atoms with Gasteiger partial charge in [-0.3, -0.25) is 5.41 Å². The zero-order valence-corrected chi connectivity index (χ0v) is 8.39. The Bertz CT molecular complexity index is 126. The van der Waals surface area contributed by atoms with Crippen molar-refractivity contribution >= 4 is 6.02 Å². The summed E-state index contributed by atoms with van der Waals surface area (Å²) in [6, 6.07) is 0.321. The molecule has 0 unspecified atom stereocenters. The molecule has 0 bridgehead atoms. The molecule has 12 heavy (non-hydrogen) atoms. The number of hydrogen-bond donors (Lipinski definition) is 1. The van der Waals surface area contributed by atoms with Gasteiger partial charge in [-0.2, -0.15) is 0 Å². The fourth-order valence-corrected chi connectivity index (χ4v) is 0.963. The van der Waals surface area contributed by atoms with Crippen molar-refractivity contribution in [3.8, 4) is 0 Å². The van der Waals surface area contributed by atoms with Crippen molar-refractivity contribution < 1.29 is 4.74 Å². The average molecular weight is 172 g/mol. The van der Waals surface area contributed by atoms with Crippen LogP contribution in [0.15, 0.2) is 0 Å². The second-order valence-corrected chi connectivity index (χ2v) is 2.73. The zero-order chi connectivity index (χ0) is 9.40. The van der Waals surface area contributed by atoms with Crippen LogP contribution in [0.3, 0.4) is 0 Å². The average Bonchev–Trinajstić information content (AvgIpc) is 2.10. The van der Waals surface area contributed by atoms with Crippen molar-refractivity contribution in [3.63, 3.8) is 0 Å². The van der Waals surface area contributed by atoms with Crippen LogP contribution in [0.2, 0.25) is 0 Å². The smallest absolute Gasteiger partial charge is 0.284 e. The van der Waals surface area contributed by atoms with Crippen molar-refractivity contribution in [3.05, 3.63) is 0 Å². The second-order valence-electron chi connectivity index (χ2n) is 2.73. The van der Waals surface area contributed by atoms with E-state index < -0.39 is 0 Å². The van der Waals surface area contributed by atoms with Crippen LogP contribution in [0, 0.1) is 5.41 Å². The summed E-state index contributed by atoms with van der Waals surface area (Å²) in [5.74, 6) is 0. The van der Waals surface area contributed by atoms with Crippen molar-refractivity contribution in [2.24, 2.45) is 0 Å². The molecule has 0 spiro atoms. The van der Waals surface area contributed by atoms with Gasteiger partial charge in [0.15, 0.2) is 0 Å². The predicted octanol–water partition coefficient (Wildman–Crippen LogP) is 2.08. The van der Waals surface area contributed by atoms with Gasteiger partial charge in [-0.25, -0.2) is 0 Å². The molecular formula is C9H20N2O. The van der Waals surface area contributed by atoms with E-state index in [1.54, 1.807) is 0 Å². The zero-order valence-electron chi connectivity index (χ0n) is 8.39. The number of rotatable bonds is 5. The van der Waals surface area contributed by atoms with E-state index in [0.29, 0.717) is 12.6 Å². The molecule has 0 saturated carbocycles. The molecule has 1 N–H and O–H groups in total. The fraction of sp³-hybridized carbons (Fsp3) is 0.889. The molecule has 0 rings (SSSR count). The van der Waals surface area contributed by atoms with Crippen molar-refractivity contribution in [1.29, 1.82) is 5.41 Å². The van der Waals surface area contributed by atoms with Crippen molar-refractivity contribution in [2.75, 3.05) is 19.7 Å². The lowest BCUT2D eigenvalue weighted by atomic mass is 10.4. The topological polar surface area (TPSA) is 36.3 Å². The van der Waals surface area contributed by atoms with Crippen molar-refractivity contribution in [1.82, 2.24) is 4.90 Å². The van der Waals surface area contributed by atoms with Gasteiger partial charge in [-0.1, -0.05) is 13.8 Å². The molecule has 0 aliphatic carbocycles. The Labute approximate surface area is 75.2 Å². The molecule has 0 fully saturated rings. The maximum absolute atomic E-state index is 7.56. The maximum atomic E-state index is 7.56. The molecule has 0 aromatic heterocycles. The van der Waals surface area contributed by atoms with Crippen LogP contribution in [0.5, 0.6) is 0 Å². The van der Waals surface area contributed by atoms with E-state index in [0.717, 1.165) is 25.9 Å². The first-order chi connectivity index (χ1) is 5.76. The van der Waals surface area contributed by atoms with E-state index in [4.69, 9.17) is 10.1 Å². The van der Waals surface area contributed by atoms with Gasteiger partial charge in [0, 0.05) is 13.1 Å². The minimum absolute atomic E-state index is 0.321. The van der Waals surface area contributed by atoms with Gasteiger partial charge in [-0.05, 0) is 19.8 Å². The Morgan fingerprint density at radius 3 is 2.33 bits per heavy atom. The van der Waals surface area contributed by atoms with Gasteiger partial charge in [-0.15, -0.1) is 0 Å². The number of nitrogens with one attached hydrogen (secondary N) is 1. The first-order valence-corrected chi connectivity index (χ1v) is 4.72. The molecule has 0 saturated heterocycles. The molecule has 0 amide bonds. The number of ether oxygens (including phenoxy) is 1. The van der Waals surface area contributed by atoms with E-state index in [2.05, 4.69) is 6.92 Å². The van der Waals surface area contributed by atoms with Gasteiger partial charge in [0.2, 0.25) is 0 Å². The normalized spacial score (nSPS) is 9.58. The second kappa shape index (κ2) is 6.95. The Balaban J connectivity index is 3.69. The minimum Gasteiger partial charge on any atom is -0.465 e. The summed E-state index contributed by atoms with van der Waals surface area (Å²) >= 11 is 0. The lowest BCUT2D eigenvalue weighted by molar-refractivity contribution is 0.230. The third-order valence-electron chi connectivity index (χ3n) is 1.61. The fourth-order valence-electron chi connectivity index (χ4n) is 0.963. The van der Waals surface area contributed by atoms with Gasteiger partial charge < -0.3 is 9.64 Å². The summed E-state index contributed by atoms with van der Waals surface area (Å²) in [5.41, 5.74) is 0. The van der Waals surface area contributed by atoms with Gasteiger partial charge in [0.05, 0.1) is 6.61 Å². The summed E-state index contributed by atoms with van der Waals surface area (Å²) < 4.78 is 5.21. The third kappa shape index (κ3) is 4.21. The highest BCUT2D eigenvalue weighted by atomic mass is 16.5. The SMILES string of the molecule is CCCOC(=N)N(CC)CCC. The van der Waals surface area contributed by atoms with Crippen LogP contribution in [-0.4, -0.2) is 30.6 Å². The first kappa shape index (κ1) is 11.3. The van der Waals surface area contributed by atoms with Crippen molar-refractivity contribution in [2.45, 2.75) is 33.6 Å². The van der Waals surface area contributed by atoms with E-state index >= 15 is 0 Å². The van der Waals surface area contributed by atoms with E-state index in [1.807, 2.05) is 18.7 Å². The van der Waals surface area contributed by atoms with E-state index in [1.165, 1.54) is 0 Å². The number of nitrogens with zero attached hydrogens (tertiary/aromatic N) is 1. The Morgan fingerprint density at radius 1 is 1.25 bits per heavy atom. The molecule has 0 radical (unpaired) electrons. The Morgan fingerprint density at radius 2 is 1.92 bits per heavy atom. The molecule has 72 valence electrons. The summed E-state index contributed by atoms with van der Waals surface area (Å²) in [5, 5.41) is 7.56. The maximum Gasteiger partial charge on any atom is 0.284 e. The molecule has 0 aromatic carbocycles. The van der Waals surface area contributed by atoms with Crippen LogP contribution in [-0.2, 0) is 4.74 Å². The monoisotopic (exact) mass is 172 g/mol. The van der Waals surface area contributed by atoms with Gasteiger partial charge in [0.25, 0.3) is 6.02 Å². The molecule has 3 nitrogen and oxygen atoms in total. The predicted molar refractivity (Wildman–Crippen MR) is 51.5 cm³/mol. The highest BCUT2D eigenvalue weighted by Crippen LogP contribution is 1.94. The molecular weight excluding hydrogens is 152 g/mol. The number of amidine groups is 1. The van der Waals surface area contributed by atoms with Crippen LogP contribution < -0.4 is 0 Å². The Kier molecular flexibility index (Phi) is 6.53. The highest BCUT2D eigenvalue weighted by Gasteiger charge is 2.05. The highest BCUT2D eigenvalue weighted by molar-refractivity contribution is 5.70. The summed E-state index contributed by atoms with van der Waals surface area (Å²) in [7, 11) is 0. The molecule has 0 aromatic rings. The number of hydrogen-bond acceptors (Lipinski definition) is 2. The standard InChI is InChI=1S/C9H20N2O/c1-4-7-11(6-3)9(10)12-8-5-2/h10H,4-8H2,1-3H3. The molecule has 3 heteroatoms. The van der Waals surface area contributed by atoms with Crippen LogP contribution in [0.1, 0.15) is 33.6 Å². The molecule has 0 atom stereocenters. The molecule has 0 aliphatic rings. The van der Waals surface area contributed by atoms with Crippen LogP contribution >= 0.6 is 0 Å². The summed E-state index contributed by atoms with van der Waals surface area (Å²) in [6.45, 7) is 8.62. The molecule has 0 aliphatic heterocycles.